The van der Waals surface area contributed by atoms with Crippen molar-refractivity contribution in [2.45, 2.75) is 26.2 Å². The topological polar surface area (TPSA) is 91.6 Å². The number of benzene rings is 2. The Hall–Kier alpha value is -3.29. The van der Waals surface area contributed by atoms with Gasteiger partial charge in [-0.05, 0) is 29.8 Å². The molecule has 0 bridgehead atoms. The number of rotatable bonds is 4. The van der Waals surface area contributed by atoms with Gasteiger partial charge in [-0.2, -0.15) is 0 Å². The molecule has 8 heteroatoms. The first-order valence-electron chi connectivity index (χ1n) is 11.2. The number of aromatic amines is 1. The van der Waals surface area contributed by atoms with Crippen LogP contribution in [0.25, 0.3) is 22.0 Å². The summed E-state index contributed by atoms with van der Waals surface area (Å²) in [4.78, 5) is 18.4. The zero-order valence-corrected chi connectivity index (χ0v) is 20.1. The standard InChI is InChI=1S/C26H26ClN3O4/c1-26(2,3)22-14-21(34-29-22)24(31)23-18-12-17(19(27)13-20(18)28-25(23)32)15-4-6-16(7-5-15)30-8-10-33-11-9-30/h4-7,12-14,28,32H,8-11H2,1-3H3. The van der Waals surface area contributed by atoms with Crippen LogP contribution in [0, 0.1) is 0 Å². The van der Waals surface area contributed by atoms with Crippen molar-refractivity contribution in [3.8, 4) is 17.0 Å². The van der Waals surface area contributed by atoms with E-state index in [0.717, 1.165) is 43.1 Å². The van der Waals surface area contributed by atoms with Crippen LogP contribution in [0.1, 0.15) is 42.6 Å². The van der Waals surface area contributed by atoms with Gasteiger partial charge in [0.15, 0.2) is 0 Å². The number of aromatic nitrogens is 2. The number of nitrogens with one attached hydrogen (secondary N) is 1. The molecule has 176 valence electrons. The zero-order chi connectivity index (χ0) is 24.0. The van der Waals surface area contributed by atoms with Gasteiger partial charge in [0.25, 0.3) is 0 Å². The summed E-state index contributed by atoms with van der Waals surface area (Å²) in [6, 6.07) is 13.3. The summed E-state index contributed by atoms with van der Waals surface area (Å²) in [7, 11) is 0. The Morgan fingerprint density at radius 2 is 1.82 bits per heavy atom. The molecule has 3 heterocycles. The van der Waals surface area contributed by atoms with E-state index in [1.807, 2.05) is 39.0 Å². The SMILES string of the molecule is CC(C)(C)c1cc(C(=O)c2c(O)[nH]c3cc(Cl)c(-c4ccc(N5CCOCC5)cc4)cc23)on1. The Morgan fingerprint density at radius 3 is 2.47 bits per heavy atom. The van der Waals surface area contributed by atoms with E-state index in [4.69, 9.17) is 20.9 Å². The van der Waals surface area contributed by atoms with Gasteiger partial charge in [-0.25, -0.2) is 0 Å². The smallest absolute Gasteiger partial charge is 0.237 e. The average molecular weight is 480 g/mol. The lowest BCUT2D eigenvalue weighted by Gasteiger charge is -2.29. The van der Waals surface area contributed by atoms with Crippen molar-refractivity contribution >= 4 is 34.0 Å². The maximum absolute atomic E-state index is 13.3. The van der Waals surface area contributed by atoms with Crippen molar-refractivity contribution in [3.63, 3.8) is 0 Å². The number of halogens is 1. The predicted octanol–water partition coefficient (Wildman–Crippen LogP) is 5.55. The number of hydrogen-bond acceptors (Lipinski definition) is 6. The summed E-state index contributed by atoms with van der Waals surface area (Å²) in [5.41, 5.74) is 3.91. The van der Waals surface area contributed by atoms with E-state index in [0.29, 0.717) is 21.6 Å². The number of morpholine rings is 1. The Balaban J connectivity index is 1.53. The van der Waals surface area contributed by atoms with E-state index in [9.17, 15) is 9.90 Å². The minimum Gasteiger partial charge on any atom is -0.494 e. The van der Waals surface area contributed by atoms with E-state index in [-0.39, 0.29) is 22.6 Å². The van der Waals surface area contributed by atoms with Gasteiger partial charge >= 0.3 is 0 Å². The van der Waals surface area contributed by atoms with E-state index >= 15 is 0 Å². The van der Waals surface area contributed by atoms with Gasteiger partial charge in [-0.15, -0.1) is 0 Å². The number of aromatic hydroxyl groups is 1. The molecule has 4 aromatic rings. The zero-order valence-electron chi connectivity index (χ0n) is 19.3. The van der Waals surface area contributed by atoms with Crippen molar-refractivity contribution in [1.29, 1.82) is 0 Å². The van der Waals surface area contributed by atoms with Crippen LogP contribution in [0.5, 0.6) is 5.88 Å². The van der Waals surface area contributed by atoms with Crippen LogP contribution in [0.3, 0.4) is 0 Å². The summed E-state index contributed by atoms with van der Waals surface area (Å²) in [6.07, 6.45) is 0. The molecule has 0 radical (unpaired) electrons. The number of ether oxygens (including phenoxy) is 1. The highest BCUT2D eigenvalue weighted by Crippen LogP contribution is 2.38. The molecule has 0 saturated carbocycles. The van der Waals surface area contributed by atoms with Crippen LogP contribution in [0.4, 0.5) is 5.69 Å². The Morgan fingerprint density at radius 1 is 1.12 bits per heavy atom. The maximum Gasteiger partial charge on any atom is 0.237 e. The molecule has 34 heavy (non-hydrogen) atoms. The molecule has 2 aromatic heterocycles. The van der Waals surface area contributed by atoms with E-state index in [2.05, 4.69) is 27.2 Å². The third-order valence-corrected chi connectivity index (χ3v) is 6.46. The fourth-order valence-corrected chi connectivity index (χ4v) is 4.46. The highest BCUT2D eigenvalue weighted by Gasteiger charge is 2.27. The number of hydrogen-bond donors (Lipinski definition) is 2. The highest BCUT2D eigenvalue weighted by molar-refractivity contribution is 6.34. The summed E-state index contributed by atoms with van der Waals surface area (Å²) >= 11 is 6.60. The molecule has 0 atom stereocenters. The second-order valence-electron chi connectivity index (χ2n) is 9.53. The minimum atomic E-state index is -0.442. The Bertz CT molecular complexity index is 1360. The van der Waals surface area contributed by atoms with Crippen molar-refractivity contribution in [3.05, 3.63) is 64.5 Å². The second kappa shape index (κ2) is 8.49. The van der Waals surface area contributed by atoms with Gasteiger partial charge in [0, 0.05) is 41.2 Å². The molecule has 0 amide bonds. The molecule has 0 unspecified atom stereocenters. The molecule has 1 aliphatic rings. The molecule has 2 aromatic carbocycles. The Labute approximate surface area is 202 Å². The summed E-state index contributed by atoms with van der Waals surface area (Å²) in [5, 5.41) is 15.7. The van der Waals surface area contributed by atoms with Crippen LogP contribution in [-0.4, -0.2) is 47.3 Å². The Kier molecular flexibility index (Phi) is 5.62. The van der Waals surface area contributed by atoms with Gasteiger partial charge < -0.3 is 24.3 Å². The van der Waals surface area contributed by atoms with Crippen molar-refractivity contribution < 1.29 is 19.2 Å². The van der Waals surface area contributed by atoms with E-state index < -0.39 is 5.78 Å². The van der Waals surface area contributed by atoms with Gasteiger partial charge in [-0.3, -0.25) is 4.79 Å². The van der Waals surface area contributed by atoms with Gasteiger partial charge in [0.05, 0.1) is 35.0 Å². The summed E-state index contributed by atoms with van der Waals surface area (Å²) < 4.78 is 10.8. The summed E-state index contributed by atoms with van der Waals surface area (Å²) in [5.74, 6) is -0.597. The van der Waals surface area contributed by atoms with Crippen molar-refractivity contribution in [1.82, 2.24) is 10.1 Å². The minimum absolute atomic E-state index is 0.0764. The molecule has 5 rings (SSSR count). The van der Waals surface area contributed by atoms with Crippen LogP contribution in [0.2, 0.25) is 5.02 Å². The first-order chi connectivity index (χ1) is 16.2. The van der Waals surface area contributed by atoms with Crippen molar-refractivity contribution in [2.75, 3.05) is 31.2 Å². The molecular formula is C26H26ClN3O4. The largest absolute Gasteiger partial charge is 0.494 e. The van der Waals surface area contributed by atoms with E-state index in [1.54, 1.807) is 12.1 Å². The number of H-pyrrole nitrogens is 1. The van der Waals surface area contributed by atoms with E-state index in [1.165, 1.54) is 0 Å². The van der Waals surface area contributed by atoms with Crippen LogP contribution < -0.4 is 4.90 Å². The number of ketones is 1. The van der Waals surface area contributed by atoms with Gasteiger partial charge in [-0.1, -0.05) is 49.7 Å². The number of fused-ring (bicyclic) bond motifs is 1. The summed E-state index contributed by atoms with van der Waals surface area (Å²) in [6.45, 7) is 9.13. The third kappa shape index (κ3) is 4.06. The number of carbonyl (C=O) groups is 1. The molecule has 2 N–H and O–H groups in total. The van der Waals surface area contributed by atoms with Gasteiger partial charge in [0.1, 0.15) is 0 Å². The lowest BCUT2D eigenvalue weighted by molar-refractivity contribution is 0.0999. The monoisotopic (exact) mass is 479 g/mol. The normalized spacial score (nSPS) is 14.6. The lowest BCUT2D eigenvalue weighted by Crippen LogP contribution is -2.36. The quantitative estimate of drug-likeness (QED) is 0.373. The van der Waals surface area contributed by atoms with Crippen LogP contribution in [-0.2, 0) is 10.2 Å². The lowest BCUT2D eigenvalue weighted by atomic mass is 9.92. The number of anilines is 1. The molecule has 1 saturated heterocycles. The first-order valence-corrected chi connectivity index (χ1v) is 11.6. The van der Waals surface area contributed by atoms with Crippen LogP contribution in [0.15, 0.2) is 47.0 Å². The number of nitrogens with zero attached hydrogens (tertiary/aromatic N) is 2. The van der Waals surface area contributed by atoms with Crippen molar-refractivity contribution in [2.24, 2.45) is 0 Å². The second-order valence-corrected chi connectivity index (χ2v) is 9.94. The maximum atomic E-state index is 13.3. The fraction of sp³-hybridized carbons (Fsp3) is 0.308. The molecule has 7 nitrogen and oxygen atoms in total. The first kappa shape index (κ1) is 22.5. The average Bonchev–Trinajstić information content (AvgIpc) is 3.43. The van der Waals surface area contributed by atoms with Crippen LogP contribution >= 0.6 is 11.6 Å². The fourth-order valence-electron chi connectivity index (χ4n) is 4.18. The number of carbonyl (C=O) groups excluding carboxylic acids is 1. The predicted molar refractivity (Wildman–Crippen MR) is 132 cm³/mol. The molecule has 1 aliphatic heterocycles. The molecule has 1 fully saturated rings. The molecule has 0 spiro atoms. The molecular weight excluding hydrogens is 454 g/mol. The molecule has 0 aliphatic carbocycles. The van der Waals surface area contributed by atoms with Gasteiger partial charge in [0.2, 0.25) is 17.4 Å². The third-order valence-electron chi connectivity index (χ3n) is 6.15. The highest BCUT2D eigenvalue weighted by atomic mass is 35.5.